The minimum absolute atomic E-state index is 0.170. The number of hydrogen-bond acceptors (Lipinski definition) is 4. The van der Waals surface area contributed by atoms with Gasteiger partial charge in [-0.2, -0.15) is 0 Å². The fourth-order valence-corrected chi connectivity index (χ4v) is 2.78. The Morgan fingerprint density at radius 3 is 2.32 bits per heavy atom. The van der Waals surface area contributed by atoms with Crippen molar-refractivity contribution < 1.29 is 9.47 Å². The van der Waals surface area contributed by atoms with Crippen LogP contribution < -0.4 is 0 Å². The number of ether oxygens (including phenoxy) is 2. The van der Waals surface area contributed by atoms with Crippen LogP contribution >= 0.6 is 0 Å². The SMILES string of the molecule is CCC1COC(CCCCC2=NC(c3ccccc3)CO2)=N1. The quantitative estimate of drug-likeness (QED) is 0.716. The van der Waals surface area contributed by atoms with E-state index >= 15 is 0 Å². The number of hydrogen-bond donors (Lipinski definition) is 0. The van der Waals surface area contributed by atoms with Gasteiger partial charge in [-0.05, 0) is 24.8 Å². The van der Waals surface area contributed by atoms with Gasteiger partial charge in [-0.25, -0.2) is 9.98 Å². The number of aliphatic imine (C=N–C) groups is 2. The van der Waals surface area contributed by atoms with Crippen molar-refractivity contribution in [3.63, 3.8) is 0 Å². The summed E-state index contributed by atoms with van der Waals surface area (Å²) in [5.74, 6) is 1.83. The first-order valence-electron chi connectivity index (χ1n) is 8.29. The highest BCUT2D eigenvalue weighted by Crippen LogP contribution is 2.24. The summed E-state index contributed by atoms with van der Waals surface area (Å²) in [6.45, 7) is 3.59. The van der Waals surface area contributed by atoms with Gasteiger partial charge in [0.15, 0.2) is 11.8 Å². The maximum Gasteiger partial charge on any atom is 0.184 e. The first-order valence-corrected chi connectivity index (χ1v) is 8.29. The first kappa shape index (κ1) is 15.1. The Labute approximate surface area is 132 Å². The third-order valence-corrected chi connectivity index (χ3v) is 4.16. The normalized spacial score (nSPS) is 23.7. The molecule has 4 heteroatoms. The van der Waals surface area contributed by atoms with Gasteiger partial charge in [0.1, 0.15) is 19.3 Å². The summed E-state index contributed by atoms with van der Waals surface area (Å²) in [6, 6.07) is 10.9. The molecule has 0 N–H and O–H groups in total. The van der Waals surface area contributed by atoms with Crippen molar-refractivity contribution in [2.24, 2.45) is 9.98 Å². The van der Waals surface area contributed by atoms with Gasteiger partial charge in [0.05, 0.1) is 6.04 Å². The van der Waals surface area contributed by atoms with E-state index in [9.17, 15) is 0 Å². The molecule has 2 heterocycles. The maximum atomic E-state index is 5.72. The lowest BCUT2D eigenvalue weighted by atomic mass is 10.1. The summed E-state index contributed by atoms with van der Waals surface area (Å²) >= 11 is 0. The molecule has 1 aromatic carbocycles. The molecule has 0 aliphatic carbocycles. The van der Waals surface area contributed by atoms with Crippen molar-refractivity contribution in [2.45, 2.75) is 51.1 Å². The van der Waals surface area contributed by atoms with Gasteiger partial charge in [0, 0.05) is 12.8 Å². The van der Waals surface area contributed by atoms with Gasteiger partial charge < -0.3 is 9.47 Å². The van der Waals surface area contributed by atoms with Crippen molar-refractivity contribution >= 4 is 11.8 Å². The van der Waals surface area contributed by atoms with Gasteiger partial charge in [0.2, 0.25) is 0 Å². The molecule has 0 saturated heterocycles. The van der Waals surface area contributed by atoms with Crippen molar-refractivity contribution in [1.29, 1.82) is 0 Å². The van der Waals surface area contributed by atoms with Crippen LogP contribution in [0.5, 0.6) is 0 Å². The zero-order chi connectivity index (χ0) is 15.2. The van der Waals surface area contributed by atoms with Crippen LogP contribution in [0.1, 0.15) is 50.6 Å². The molecule has 4 nitrogen and oxygen atoms in total. The van der Waals surface area contributed by atoms with Crippen molar-refractivity contribution in [3.05, 3.63) is 35.9 Å². The summed E-state index contributed by atoms with van der Waals surface area (Å²) in [5.41, 5.74) is 1.23. The van der Waals surface area contributed by atoms with Crippen molar-refractivity contribution in [2.75, 3.05) is 13.2 Å². The zero-order valence-electron chi connectivity index (χ0n) is 13.2. The molecule has 0 aromatic heterocycles. The molecule has 1 aromatic rings. The summed E-state index contributed by atoms with van der Waals surface area (Å²) in [4.78, 5) is 9.25. The summed E-state index contributed by atoms with van der Waals surface area (Å²) in [6.07, 6.45) is 5.06. The largest absolute Gasteiger partial charge is 0.479 e. The van der Waals surface area contributed by atoms with Crippen LogP contribution in [0.15, 0.2) is 40.3 Å². The monoisotopic (exact) mass is 300 g/mol. The molecule has 2 atom stereocenters. The van der Waals surface area contributed by atoms with Crippen LogP contribution in [-0.2, 0) is 9.47 Å². The van der Waals surface area contributed by atoms with Crippen LogP contribution in [0.3, 0.4) is 0 Å². The molecule has 3 rings (SSSR count). The van der Waals surface area contributed by atoms with Crippen LogP contribution in [-0.4, -0.2) is 31.1 Å². The average molecular weight is 300 g/mol. The van der Waals surface area contributed by atoms with E-state index in [-0.39, 0.29) is 6.04 Å². The van der Waals surface area contributed by atoms with Gasteiger partial charge in [-0.3, -0.25) is 0 Å². The number of nitrogens with zero attached hydrogens (tertiary/aromatic N) is 2. The number of benzene rings is 1. The van der Waals surface area contributed by atoms with Crippen LogP contribution in [0.2, 0.25) is 0 Å². The van der Waals surface area contributed by atoms with Crippen molar-refractivity contribution in [3.8, 4) is 0 Å². The lowest BCUT2D eigenvalue weighted by molar-refractivity contribution is 0.304. The lowest BCUT2D eigenvalue weighted by Gasteiger charge is -2.03. The molecule has 0 amide bonds. The molecule has 2 aliphatic heterocycles. The predicted molar refractivity (Wildman–Crippen MR) is 88.5 cm³/mol. The second kappa shape index (κ2) is 7.43. The van der Waals surface area contributed by atoms with E-state index in [1.54, 1.807) is 0 Å². The minimum atomic E-state index is 0.170. The molecule has 0 radical (unpaired) electrons. The third-order valence-electron chi connectivity index (χ3n) is 4.16. The Kier molecular flexibility index (Phi) is 5.09. The Morgan fingerprint density at radius 1 is 0.955 bits per heavy atom. The van der Waals surface area contributed by atoms with Gasteiger partial charge in [-0.15, -0.1) is 0 Å². The van der Waals surface area contributed by atoms with E-state index in [0.29, 0.717) is 12.6 Å². The Hall–Kier alpha value is -1.84. The molecule has 118 valence electrons. The average Bonchev–Trinajstić information content (AvgIpc) is 3.22. The van der Waals surface area contributed by atoms with Crippen LogP contribution in [0.4, 0.5) is 0 Å². The van der Waals surface area contributed by atoms with E-state index < -0.39 is 0 Å². The molecular formula is C18H24N2O2. The minimum Gasteiger partial charge on any atom is -0.479 e. The maximum absolute atomic E-state index is 5.72. The summed E-state index contributed by atoms with van der Waals surface area (Å²) in [5, 5.41) is 0. The summed E-state index contributed by atoms with van der Waals surface area (Å²) in [7, 11) is 0. The Bertz CT molecular complexity index is 539. The van der Waals surface area contributed by atoms with Gasteiger partial charge >= 0.3 is 0 Å². The molecule has 22 heavy (non-hydrogen) atoms. The highest BCUT2D eigenvalue weighted by molar-refractivity contribution is 5.79. The highest BCUT2D eigenvalue weighted by Gasteiger charge is 2.20. The zero-order valence-corrected chi connectivity index (χ0v) is 13.2. The number of rotatable bonds is 7. The van der Waals surface area contributed by atoms with Gasteiger partial charge in [0.25, 0.3) is 0 Å². The molecule has 0 spiro atoms. The number of unbranched alkanes of at least 4 members (excludes halogenated alkanes) is 1. The Morgan fingerprint density at radius 2 is 1.64 bits per heavy atom. The van der Waals surface area contributed by atoms with E-state index in [0.717, 1.165) is 50.5 Å². The van der Waals surface area contributed by atoms with Crippen LogP contribution in [0, 0.1) is 0 Å². The molecule has 0 bridgehead atoms. The van der Waals surface area contributed by atoms with Crippen molar-refractivity contribution in [1.82, 2.24) is 0 Å². The van der Waals surface area contributed by atoms with E-state index in [2.05, 4.69) is 41.2 Å². The second-order valence-corrected chi connectivity index (χ2v) is 5.86. The molecular weight excluding hydrogens is 276 g/mol. The fraction of sp³-hybridized carbons (Fsp3) is 0.556. The topological polar surface area (TPSA) is 43.2 Å². The molecule has 2 aliphatic rings. The predicted octanol–water partition coefficient (Wildman–Crippen LogP) is 3.92. The third kappa shape index (κ3) is 3.87. The van der Waals surface area contributed by atoms with Crippen LogP contribution in [0.25, 0.3) is 0 Å². The standard InChI is InChI=1S/C18H24N2O2/c1-2-15-12-21-17(19-15)10-6-7-11-18-20-16(13-22-18)14-8-4-3-5-9-14/h3-5,8-9,15-16H,2,6-7,10-13H2,1H3. The fourth-order valence-electron chi connectivity index (χ4n) is 2.78. The Balaban J connectivity index is 1.39. The van der Waals surface area contributed by atoms with E-state index in [4.69, 9.17) is 9.47 Å². The summed E-state index contributed by atoms with van der Waals surface area (Å²) < 4.78 is 11.3. The smallest absolute Gasteiger partial charge is 0.184 e. The van der Waals surface area contributed by atoms with E-state index in [1.165, 1.54) is 5.56 Å². The molecule has 0 fully saturated rings. The van der Waals surface area contributed by atoms with E-state index in [1.807, 2.05) is 6.07 Å². The second-order valence-electron chi connectivity index (χ2n) is 5.86. The first-order chi connectivity index (χ1) is 10.8. The molecule has 0 saturated carbocycles. The molecule has 2 unspecified atom stereocenters. The highest BCUT2D eigenvalue weighted by atomic mass is 16.5. The van der Waals surface area contributed by atoms with Gasteiger partial charge in [-0.1, -0.05) is 37.3 Å². The lowest BCUT2D eigenvalue weighted by Crippen LogP contribution is -2.03.